The summed E-state index contributed by atoms with van der Waals surface area (Å²) in [5, 5.41) is 3.08. The van der Waals surface area contributed by atoms with E-state index < -0.39 is 0 Å². The van der Waals surface area contributed by atoms with Crippen LogP contribution in [0.3, 0.4) is 0 Å². The Morgan fingerprint density at radius 2 is 2.12 bits per heavy atom. The van der Waals surface area contributed by atoms with Crippen LogP contribution in [0, 0.1) is 0 Å². The molecule has 0 aliphatic heterocycles. The van der Waals surface area contributed by atoms with Crippen molar-refractivity contribution in [3.05, 3.63) is 54.1 Å². The monoisotopic (exact) mass is 231 g/mol. The van der Waals surface area contributed by atoms with Gasteiger partial charge in [0.05, 0.1) is 12.7 Å². The lowest BCUT2D eigenvalue weighted by Gasteiger charge is -2.06. The van der Waals surface area contributed by atoms with Crippen LogP contribution >= 0.6 is 0 Å². The zero-order valence-electron chi connectivity index (χ0n) is 9.98. The van der Waals surface area contributed by atoms with Crippen LogP contribution in [0.25, 0.3) is 6.08 Å². The van der Waals surface area contributed by atoms with Gasteiger partial charge < -0.3 is 10.1 Å². The minimum Gasteiger partial charge on any atom is -0.466 e. The maximum Gasteiger partial charge on any atom is 0.335 e. The van der Waals surface area contributed by atoms with E-state index in [4.69, 9.17) is 4.74 Å². The lowest BCUT2D eigenvalue weighted by atomic mass is 10.1. The maximum absolute atomic E-state index is 11.6. The molecule has 90 valence electrons. The van der Waals surface area contributed by atoms with Crippen LogP contribution in [0.1, 0.15) is 5.56 Å². The summed E-state index contributed by atoms with van der Waals surface area (Å²) < 4.78 is 4.74. The van der Waals surface area contributed by atoms with E-state index in [0.29, 0.717) is 18.7 Å². The molecule has 1 aromatic carbocycles. The molecule has 0 saturated heterocycles. The van der Waals surface area contributed by atoms with E-state index in [9.17, 15) is 4.79 Å². The number of methoxy groups -OCH3 is 1. The molecule has 3 heteroatoms. The van der Waals surface area contributed by atoms with E-state index in [1.165, 1.54) is 7.11 Å². The minimum atomic E-state index is -0.314. The lowest BCUT2D eigenvalue weighted by Crippen LogP contribution is -2.21. The number of nitrogens with one attached hydrogen (secondary N) is 1. The van der Waals surface area contributed by atoms with Crippen molar-refractivity contribution in [1.29, 1.82) is 0 Å². The van der Waals surface area contributed by atoms with E-state index >= 15 is 0 Å². The second-order valence-electron chi connectivity index (χ2n) is 3.49. The second kappa shape index (κ2) is 7.41. The number of esters is 1. The number of carbonyl (C=O) groups excluding carboxylic acids is 1. The molecule has 0 aromatic heterocycles. The van der Waals surface area contributed by atoms with Gasteiger partial charge in [0.15, 0.2) is 0 Å². The molecular weight excluding hydrogens is 214 g/mol. The standard InChI is InChI=1S/C14H17NO2/c1-3-9-15-11-13(14(16)17-2)10-12-7-5-4-6-8-12/h3-8,10,15H,1,9,11H2,2H3/b13-10+. The number of benzene rings is 1. The molecule has 0 radical (unpaired) electrons. The Morgan fingerprint density at radius 3 is 2.71 bits per heavy atom. The van der Waals surface area contributed by atoms with Gasteiger partial charge in [-0.1, -0.05) is 36.4 Å². The van der Waals surface area contributed by atoms with Crippen LogP contribution in [0.4, 0.5) is 0 Å². The van der Waals surface area contributed by atoms with Crippen molar-refractivity contribution in [2.24, 2.45) is 0 Å². The topological polar surface area (TPSA) is 38.3 Å². The van der Waals surface area contributed by atoms with E-state index in [1.807, 2.05) is 36.4 Å². The van der Waals surface area contributed by atoms with E-state index in [1.54, 1.807) is 6.08 Å². The Hall–Kier alpha value is -1.87. The van der Waals surface area contributed by atoms with Crippen molar-refractivity contribution in [3.8, 4) is 0 Å². The second-order valence-corrected chi connectivity index (χ2v) is 3.49. The first kappa shape index (κ1) is 13.2. The average Bonchev–Trinajstić information content (AvgIpc) is 2.38. The highest BCUT2D eigenvalue weighted by molar-refractivity contribution is 5.94. The predicted octanol–water partition coefficient (Wildman–Crippen LogP) is 2.02. The molecule has 0 aliphatic rings. The van der Waals surface area contributed by atoms with Crippen molar-refractivity contribution in [3.63, 3.8) is 0 Å². The Balaban J connectivity index is 2.78. The molecule has 1 N–H and O–H groups in total. The van der Waals surface area contributed by atoms with Gasteiger partial charge in [-0.2, -0.15) is 0 Å². The lowest BCUT2D eigenvalue weighted by molar-refractivity contribution is -0.136. The summed E-state index contributed by atoms with van der Waals surface area (Å²) in [4.78, 5) is 11.6. The number of ether oxygens (including phenoxy) is 1. The van der Waals surface area contributed by atoms with E-state index in [2.05, 4.69) is 11.9 Å². The number of hydrogen-bond donors (Lipinski definition) is 1. The first-order chi connectivity index (χ1) is 8.27. The molecule has 0 heterocycles. The van der Waals surface area contributed by atoms with Crippen LogP contribution in [-0.4, -0.2) is 26.2 Å². The molecule has 0 unspecified atom stereocenters. The van der Waals surface area contributed by atoms with Crippen molar-refractivity contribution in [1.82, 2.24) is 5.32 Å². The van der Waals surface area contributed by atoms with Crippen molar-refractivity contribution in [2.75, 3.05) is 20.2 Å². The van der Waals surface area contributed by atoms with Gasteiger partial charge in [-0.05, 0) is 11.6 Å². The predicted molar refractivity (Wildman–Crippen MR) is 69.5 cm³/mol. The fourth-order valence-electron chi connectivity index (χ4n) is 1.37. The van der Waals surface area contributed by atoms with Crippen LogP contribution < -0.4 is 5.32 Å². The third kappa shape index (κ3) is 4.66. The van der Waals surface area contributed by atoms with Gasteiger partial charge in [0.25, 0.3) is 0 Å². The maximum atomic E-state index is 11.6. The summed E-state index contributed by atoms with van der Waals surface area (Å²) in [6.45, 7) is 4.73. The van der Waals surface area contributed by atoms with Crippen LogP contribution in [0.2, 0.25) is 0 Å². The SMILES string of the molecule is C=CCNC/C(=C\c1ccccc1)C(=O)OC. The van der Waals surface area contributed by atoms with Crippen molar-refractivity contribution < 1.29 is 9.53 Å². The van der Waals surface area contributed by atoms with Gasteiger partial charge in [-0.3, -0.25) is 0 Å². The van der Waals surface area contributed by atoms with E-state index in [-0.39, 0.29) is 5.97 Å². The highest BCUT2D eigenvalue weighted by atomic mass is 16.5. The summed E-state index contributed by atoms with van der Waals surface area (Å²) >= 11 is 0. The molecule has 0 bridgehead atoms. The third-order valence-electron chi connectivity index (χ3n) is 2.19. The van der Waals surface area contributed by atoms with Gasteiger partial charge >= 0.3 is 5.97 Å². The van der Waals surface area contributed by atoms with Crippen molar-refractivity contribution >= 4 is 12.0 Å². The molecule has 1 rings (SSSR count). The van der Waals surface area contributed by atoms with Crippen LogP contribution in [-0.2, 0) is 9.53 Å². The normalized spacial score (nSPS) is 11.0. The Kier molecular flexibility index (Phi) is 5.75. The molecule has 0 saturated carbocycles. The summed E-state index contributed by atoms with van der Waals surface area (Å²) in [6.07, 6.45) is 3.57. The molecule has 0 atom stereocenters. The van der Waals surface area contributed by atoms with Gasteiger partial charge in [-0.25, -0.2) is 4.79 Å². The fourth-order valence-corrected chi connectivity index (χ4v) is 1.37. The number of carbonyl (C=O) groups is 1. The zero-order chi connectivity index (χ0) is 12.5. The summed E-state index contributed by atoms with van der Waals surface area (Å²) in [6, 6.07) is 9.67. The molecule has 0 aliphatic carbocycles. The number of hydrogen-bond acceptors (Lipinski definition) is 3. The highest BCUT2D eigenvalue weighted by Crippen LogP contribution is 2.07. The molecule has 17 heavy (non-hydrogen) atoms. The highest BCUT2D eigenvalue weighted by Gasteiger charge is 2.08. The zero-order valence-corrected chi connectivity index (χ0v) is 9.98. The van der Waals surface area contributed by atoms with Crippen molar-refractivity contribution in [2.45, 2.75) is 0 Å². The first-order valence-corrected chi connectivity index (χ1v) is 5.43. The Morgan fingerprint density at radius 1 is 1.41 bits per heavy atom. The number of rotatable bonds is 6. The summed E-state index contributed by atoms with van der Waals surface area (Å²) in [7, 11) is 1.38. The molecular formula is C14H17NO2. The van der Waals surface area contributed by atoms with Gasteiger partial charge in [0.1, 0.15) is 0 Å². The Labute approximate surface area is 102 Å². The van der Waals surface area contributed by atoms with Gasteiger partial charge in [0, 0.05) is 13.1 Å². The van der Waals surface area contributed by atoms with Crippen LogP contribution in [0.15, 0.2) is 48.6 Å². The summed E-state index contributed by atoms with van der Waals surface area (Å²) in [5.41, 5.74) is 1.58. The first-order valence-electron chi connectivity index (χ1n) is 5.43. The summed E-state index contributed by atoms with van der Waals surface area (Å²) in [5.74, 6) is -0.314. The molecule has 3 nitrogen and oxygen atoms in total. The molecule has 0 amide bonds. The van der Waals surface area contributed by atoms with Crippen LogP contribution in [0.5, 0.6) is 0 Å². The largest absolute Gasteiger partial charge is 0.466 e. The van der Waals surface area contributed by atoms with Gasteiger partial charge in [0.2, 0.25) is 0 Å². The smallest absolute Gasteiger partial charge is 0.335 e. The Bertz CT molecular complexity index is 396. The average molecular weight is 231 g/mol. The van der Waals surface area contributed by atoms with Gasteiger partial charge in [-0.15, -0.1) is 6.58 Å². The molecule has 0 spiro atoms. The van der Waals surface area contributed by atoms with E-state index in [0.717, 1.165) is 5.56 Å². The molecule has 0 fully saturated rings. The fraction of sp³-hybridized carbons (Fsp3) is 0.214. The minimum absolute atomic E-state index is 0.314. The quantitative estimate of drug-likeness (QED) is 0.352. The third-order valence-corrected chi connectivity index (χ3v) is 2.19. The molecule has 1 aromatic rings.